The van der Waals surface area contributed by atoms with E-state index in [1.54, 1.807) is 25.1 Å². The number of nitrogens with one attached hydrogen (secondary N) is 2. The van der Waals surface area contributed by atoms with Gasteiger partial charge in [-0.15, -0.1) is 0 Å². The van der Waals surface area contributed by atoms with Crippen LogP contribution in [0.2, 0.25) is 0 Å². The van der Waals surface area contributed by atoms with E-state index in [4.69, 9.17) is 9.15 Å². The van der Waals surface area contributed by atoms with Crippen molar-refractivity contribution in [2.45, 2.75) is 57.1 Å². The van der Waals surface area contributed by atoms with E-state index in [1.165, 1.54) is 25.3 Å². The second kappa shape index (κ2) is 12.3. The number of hydrogen-bond acceptors (Lipinski definition) is 8. The molecule has 1 aliphatic rings. The number of benzene rings is 1. The van der Waals surface area contributed by atoms with Crippen LogP contribution in [0.1, 0.15) is 49.2 Å². The highest BCUT2D eigenvalue weighted by Gasteiger charge is 2.36. The van der Waals surface area contributed by atoms with Crippen LogP contribution in [0.5, 0.6) is 5.75 Å². The number of amides is 2. The summed E-state index contributed by atoms with van der Waals surface area (Å²) in [5.74, 6) is -0.796. The molecule has 0 aliphatic carbocycles. The Hall–Kier alpha value is -3.97. The number of nitrogens with zero attached hydrogens (tertiary/aromatic N) is 2. The molecule has 1 saturated heterocycles. The van der Waals surface area contributed by atoms with E-state index in [1.807, 2.05) is 13.8 Å². The molecule has 0 saturated carbocycles. The Morgan fingerprint density at radius 1 is 1.22 bits per heavy atom. The van der Waals surface area contributed by atoms with Gasteiger partial charge in [0.2, 0.25) is 5.91 Å². The van der Waals surface area contributed by atoms with Crippen molar-refractivity contribution in [2.24, 2.45) is 5.92 Å². The number of rotatable bonds is 9. The molecule has 41 heavy (non-hydrogen) atoms. The summed E-state index contributed by atoms with van der Waals surface area (Å²) in [4.78, 5) is 39.5. The molecule has 0 unspecified atom stereocenters. The summed E-state index contributed by atoms with van der Waals surface area (Å²) < 4.78 is 38.5. The number of methoxy groups -OCH3 is 1. The highest BCUT2D eigenvalue weighted by atomic mass is 32.2. The average molecular weight is 587 g/mol. The fraction of sp³-hybridized carbons (Fsp3) is 0.429. The fourth-order valence-electron chi connectivity index (χ4n) is 4.84. The number of carbonyl (C=O) groups is 3. The van der Waals surface area contributed by atoms with Crippen molar-refractivity contribution in [3.05, 3.63) is 59.1 Å². The molecule has 12 nitrogen and oxygen atoms in total. The van der Waals surface area contributed by atoms with Crippen molar-refractivity contribution < 1.29 is 36.7 Å². The van der Waals surface area contributed by atoms with E-state index in [9.17, 15) is 28.0 Å². The SMILES string of the molecule is COc1ccc2c(C)c(C(=O)N[C@@H](CC(C)C)C(=O)N[C@H]3CCN(S(=O)(=O)c4cccc[n+]4[O-])CCC3=O)oc2c1. The largest absolute Gasteiger partial charge is 0.618 e. The van der Waals surface area contributed by atoms with Crippen LogP contribution in [-0.4, -0.2) is 62.6 Å². The molecule has 1 aliphatic heterocycles. The van der Waals surface area contributed by atoms with Crippen LogP contribution in [0.25, 0.3) is 11.0 Å². The molecule has 4 rings (SSSR count). The molecule has 2 N–H and O–H groups in total. The summed E-state index contributed by atoms with van der Waals surface area (Å²) in [5.41, 5.74) is 1.08. The number of sulfonamides is 1. The standard InChI is InChI=1S/C28H34N4O8S/c1-17(2)15-22(30-28(35)26-18(3)20-9-8-19(39-4)16-24(20)40-26)27(34)29-21-10-13-31(14-11-23(21)33)41(37,38)25-7-5-6-12-32(25)36/h5-9,12,16-17,21-22H,10-11,13-15H2,1-4H3,(H,29,34)(H,30,35)/t21-,22-/m0/s1. The minimum absolute atomic E-state index is 0.0162. The van der Waals surface area contributed by atoms with Gasteiger partial charge in [0, 0.05) is 48.7 Å². The number of hydrogen-bond donors (Lipinski definition) is 2. The van der Waals surface area contributed by atoms with Crippen molar-refractivity contribution >= 4 is 38.6 Å². The van der Waals surface area contributed by atoms with Gasteiger partial charge >= 0.3 is 15.0 Å². The van der Waals surface area contributed by atoms with Gasteiger partial charge in [-0.2, -0.15) is 9.04 Å². The zero-order valence-electron chi connectivity index (χ0n) is 23.4. The molecule has 220 valence electrons. The Morgan fingerprint density at radius 2 is 1.98 bits per heavy atom. The number of ketones is 1. The molecule has 0 bridgehead atoms. The van der Waals surface area contributed by atoms with Gasteiger partial charge in [-0.05, 0) is 43.9 Å². The second-order valence-corrected chi connectivity index (χ2v) is 12.3. The first kappa shape index (κ1) is 30.0. The maximum atomic E-state index is 13.4. The van der Waals surface area contributed by atoms with Gasteiger partial charge in [0.25, 0.3) is 5.91 Å². The van der Waals surface area contributed by atoms with Crippen molar-refractivity contribution in [3.63, 3.8) is 0 Å². The fourth-order valence-corrected chi connectivity index (χ4v) is 6.32. The molecule has 1 fully saturated rings. The summed E-state index contributed by atoms with van der Waals surface area (Å²) in [5, 5.41) is 17.8. The number of carbonyl (C=O) groups excluding carboxylic acids is 3. The molecule has 1 aromatic carbocycles. The number of Topliss-reactive ketones (excluding diaryl/α,β-unsaturated/α-hetero) is 1. The smallest absolute Gasteiger partial charge is 0.323 e. The van der Waals surface area contributed by atoms with Crippen LogP contribution >= 0.6 is 0 Å². The Balaban J connectivity index is 1.47. The predicted molar refractivity (Wildman–Crippen MR) is 149 cm³/mol. The van der Waals surface area contributed by atoms with E-state index in [0.717, 1.165) is 15.9 Å². The number of pyridine rings is 1. The lowest BCUT2D eigenvalue weighted by molar-refractivity contribution is -0.646. The highest BCUT2D eigenvalue weighted by molar-refractivity contribution is 7.88. The topological polar surface area (TPSA) is 162 Å². The van der Waals surface area contributed by atoms with Crippen LogP contribution in [0.4, 0.5) is 0 Å². The van der Waals surface area contributed by atoms with Gasteiger partial charge < -0.3 is 25.0 Å². The maximum Gasteiger partial charge on any atom is 0.323 e. The van der Waals surface area contributed by atoms with E-state index < -0.39 is 38.9 Å². The van der Waals surface area contributed by atoms with E-state index in [-0.39, 0.29) is 48.1 Å². The normalized spacial score (nSPS) is 17.3. The van der Waals surface area contributed by atoms with E-state index in [0.29, 0.717) is 23.3 Å². The minimum atomic E-state index is -4.15. The van der Waals surface area contributed by atoms with Crippen LogP contribution in [0.15, 0.2) is 52.0 Å². The predicted octanol–water partition coefficient (Wildman–Crippen LogP) is 2.07. The number of aryl methyl sites for hydroxylation is 1. The first-order chi connectivity index (χ1) is 19.4. The molecule has 0 radical (unpaired) electrons. The van der Waals surface area contributed by atoms with Crippen LogP contribution in [0.3, 0.4) is 0 Å². The lowest BCUT2D eigenvalue weighted by atomic mass is 10.0. The zero-order chi connectivity index (χ0) is 29.9. The third-order valence-electron chi connectivity index (χ3n) is 7.05. The second-order valence-electron chi connectivity index (χ2n) is 10.4. The zero-order valence-corrected chi connectivity index (χ0v) is 24.2. The number of furan rings is 1. The summed E-state index contributed by atoms with van der Waals surface area (Å²) >= 11 is 0. The Labute approximate surface area is 238 Å². The molecule has 3 aromatic rings. The van der Waals surface area contributed by atoms with Crippen LogP contribution in [-0.2, 0) is 19.6 Å². The molecule has 13 heteroatoms. The molecule has 2 atom stereocenters. The van der Waals surface area contributed by atoms with Crippen molar-refractivity contribution in [2.75, 3.05) is 20.2 Å². The first-order valence-corrected chi connectivity index (χ1v) is 14.8. The third-order valence-corrected chi connectivity index (χ3v) is 8.94. The van der Waals surface area contributed by atoms with Crippen molar-refractivity contribution in [3.8, 4) is 5.75 Å². The Morgan fingerprint density at radius 3 is 2.66 bits per heavy atom. The Bertz CT molecular complexity index is 1570. The van der Waals surface area contributed by atoms with Gasteiger partial charge in [0.1, 0.15) is 17.4 Å². The van der Waals surface area contributed by atoms with Gasteiger partial charge in [0.05, 0.1) is 13.2 Å². The average Bonchev–Trinajstić information content (AvgIpc) is 3.14. The quantitative estimate of drug-likeness (QED) is 0.284. The molecule has 2 amide bonds. The monoisotopic (exact) mass is 586 g/mol. The lowest BCUT2D eigenvalue weighted by Crippen LogP contribution is -2.52. The van der Waals surface area contributed by atoms with Crippen LogP contribution in [0, 0.1) is 18.0 Å². The number of ether oxygens (including phenoxy) is 1. The number of fused-ring (bicyclic) bond motifs is 1. The summed E-state index contributed by atoms with van der Waals surface area (Å²) in [6.45, 7) is 5.35. The van der Waals surface area contributed by atoms with Gasteiger partial charge in [0.15, 0.2) is 17.7 Å². The molecular formula is C28H34N4O8S. The van der Waals surface area contributed by atoms with Crippen molar-refractivity contribution in [1.29, 1.82) is 0 Å². The van der Waals surface area contributed by atoms with Crippen LogP contribution < -0.4 is 20.1 Å². The number of aromatic nitrogens is 1. The van der Waals surface area contributed by atoms with Gasteiger partial charge in [-0.1, -0.05) is 13.8 Å². The maximum absolute atomic E-state index is 13.4. The summed E-state index contributed by atoms with van der Waals surface area (Å²) in [7, 11) is -2.62. The summed E-state index contributed by atoms with van der Waals surface area (Å²) in [6.07, 6.45) is 1.26. The summed E-state index contributed by atoms with van der Waals surface area (Å²) in [6, 6.07) is 7.37. The van der Waals surface area contributed by atoms with Gasteiger partial charge in [-0.25, -0.2) is 8.42 Å². The first-order valence-electron chi connectivity index (χ1n) is 13.3. The molecule has 3 heterocycles. The molecule has 2 aromatic heterocycles. The molecular weight excluding hydrogens is 552 g/mol. The minimum Gasteiger partial charge on any atom is -0.618 e. The highest BCUT2D eigenvalue weighted by Crippen LogP contribution is 2.29. The van der Waals surface area contributed by atoms with E-state index in [2.05, 4.69) is 10.6 Å². The van der Waals surface area contributed by atoms with Crippen molar-refractivity contribution in [1.82, 2.24) is 14.9 Å². The molecule has 0 spiro atoms. The Kier molecular flexibility index (Phi) is 8.98. The lowest BCUT2D eigenvalue weighted by Gasteiger charge is -2.23. The van der Waals surface area contributed by atoms with Gasteiger partial charge in [-0.3, -0.25) is 14.4 Å². The third kappa shape index (κ3) is 6.51. The van der Waals surface area contributed by atoms with E-state index >= 15 is 0 Å².